The van der Waals surface area contributed by atoms with Crippen molar-refractivity contribution in [2.24, 2.45) is 0 Å². The number of benzene rings is 2. The monoisotopic (exact) mass is 495 g/mol. The molecule has 0 aliphatic carbocycles. The average Bonchev–Trinajstić information content (AvgIpc) is 3.53. The highest BCUT2D eigenvalue weighted by Crippen LogP contribution is 2.39. The lowest BCUT2D eigenvalue weighted by atomic mass is 10.0. The minimum absolute atomic E-state index is 0.103. The Morgan fingerprint density at radius 3 is 2.71 bits per heavy atom. The molecule has 1 fully saturated rings. The number of para-hydroxylation sites is 1. The molecular weight excluding hydrogens is 469 g/mol. The molecule has 0 N–H and O–H groups in total. The summed E-state index contributed by atoms with van der Waals surface area (Å²) in [5.41, 5.74) is 1.58. The molecular formula is C26H26FN3O4S. The smallest absolute Gasteiger partial charge is 0.247 e. The van der Waals surface area contributed by atoms with E-state index in [4.69, 9.17) is 9.47 Å². The van der Waals surface area contributed by atoms with E-state index in [0.29, 0.717) is 28.9 Å². The molecule has 1 saturated heterocycles. The zero-order valence-corrected chi connectivity index (χ0v) is 20.5. The SMILES string of the molecule is COc1ccc([C@@H]2CCCN2C(=O)/C=C/c2csc(N(C(C)=O)c3ccccc3F)n2)c(OC)c1. The molecule has 35 heavy (non-hydrogen) atoms. The average molecular weight is 496 g/mol. The second-order valence-electron chi connectivity index (χ2n) is 7.99. The maximum absolute atomic E-state index is 14.3. The summed E-state index contributed by atoms with van der Waals surface area (Å²) in [4.78, 5) is 32.8. The number of likely N-dealkylation sites (tertiary alicyclic amines) is 1. The normalized spacial score (nSPS) is 15.4. The van der Waals surface area contributed by atoms with Gasteiger partial charge in [-0.25, -0.2) is 9.37 Å². The van der Waals surface area contributed by atoms with E-state index in [9.17, 15) is 14.0 Å². The molecule has 9 heteroatoms. The van der Waals surface area contributed by atoms with Gasteiger partial charge in [0.15, 0.2) is 5.13 Å². The molecule has 1 aliphatic rings. The number of ether oxygens (including phenoxy) is 2. The number of thiazole rings is 1. The van der Waals surface area contributed by atoms with Gasteiger partial charge in [0.25, 0.3) is 0 Å². The second-order valence-corrected chi connectivity index (χ2v) is 8.83. The maximum Gasteiger partial charge on any atom is 0.247 e. The Balaban J connectivity index is 1.52. The molecule has 4 rings (SSSR count). The molecule has 0 saturated carbocycles. The van der Waals surface area contributed by atoms with E-state index in [2.05, 4.69) is 4.98 Å². The second kappa shape index (κ2) is 10.7. The van der Waals surface area contributed by atoms with Crippen LogP contribution in [0.4, 0.5) is 15.2 Å². The summed E-state index contributed by atoms with van der Waals surface area (Å²) in [6.07, 6.45) is 4.81. The molecule has 182 valence electrons. The third-order valence-corrected chi connectivity index (χ3v) is 6.69. The Labute approximate surface area is 207 Å². The van der Waals surface area contributed by atoms with E-state index < -0.39 is 5.82 Å². The molecule has 0 unspecified atom stereocenters. The van der Waals surface area contributed by atoms with Crippen molar-refractivity contribution in [3.05, 3.63) is 71.0 Å². The first-order valence-corrected chi connectivity index (χ1v) is 12.0. The van der Waals surface area contributed by atoms with E-state index in [-0.39, 0.29) is 23.5 Å². The van der Waals surface area contributed by atoms with Crippen LogP contribution in [0, 0.1) is 5.82 Å². The molecule has 7 nitrogen and oxygen atoms in total. The van der Waals surface area contributed by atoms with Crippen molar-refractivity contribution < 1.29 is 23.5 Å². The molecule has 1 aromatic heterocycles. The number of carbonyl (C=O) groups excluding carboxylic acids is 2. The number of methoxy groups -OCH3 is 2. The van der Waals surface area contributed by atoms with E-state index in [1.165, 1.54) is 41.4 Å². The van der Waals surface area contributed by atoms with Crippen molar-refractivity contribution in [1.29, 1.82) is 0 Å². The number of carbonyl (C=O) groups is 2. The molecule has 0 bridgehead atoms. The van der Waals surface area contributed by atoms with Crippen LogP contribution in [0.1, 0.15) is 37.1 Å². The number of amides is 2. The van der Waals surface area contributed by atoms with Gasteiger partial charge in [0.1, 0.15) is 17.3 Å². The van der Waals surface area contributed by atoms with Crippen molar-refractivity contribution in [3.8, 4) is 11.5 Å². The first-order valence-electron chi connectivity index (χ1n) is 11.1. The fraction of sp³-hybridized carbons (Fsp3) is 0.269. The largest absolute Gasteiger partial charge is 0.497 e. The summed E-state index contributed by atoms with van der Waals surface area (Å²) in [5, 5.41) is 2.06. The fourth-order valence-corrected chi connectivity index (χ4v) is 5.04. The third kappa shape index (κ3) is 5.19. The van der Waals surface area contributed by atoms with Crippen LogP contribution in [-0.2, 0) is 9.59 Å². The van der Waals surface area contributed by atoms with Crippen LogP contribution in [0.25, 0.3) is 6.08 Å². The summed E-state index contributed by atoms with van der Waals surface area (Å²) >= 11 is 1.20. The van der Waals surface area contributed by atoms with E-state index in [1.54, 1.807) is 37.8 Å². The molecule has 0 spiro atoms. The first kappa shape index (κ1) is 24.4. The highest BCUT2D eigenvalue weighted by molar-refractivity contribution is 7.14. The molecule has 1 aliphatic heterocycles. The standard InChI is InChI=1S/C26H26FN3O4S/c1-17(31)30(23-8-5-4-7-21(23)27)26-28-18(16-35-26)10-13-25(32)29-14-6-9-22(29)20-12-11-19(33-2)15-24(20)34-3/h4-5,7-8,10-13,15-16,22H,6,9,14H2,1-3H3/b13-10+/t22-/m0/s1. The van der Waals surface area contributed by atoms with Crippen LogP contribution >= 0.6 is 11.3 Å². The minimum Gasteiger partial charge on any atom is -0.497 e. The van der Waals surface area contributed by atoms with Crippen LogP contribution in [-0.4, -0.2) is 42.5 Å². The molecule has 1 atom stereocenters. The summed E-state index contributed by atoms with van der Waals surface area (Å²) < 4.78 is 25.1. The highest BCUT2D eigenvalue weighted by Gasteiger charge is 2.31. The number of aromatic nitrogens is 1. The van der Waals surface area contributed by atoms with Crippen LogP contribution in [0.3, 0.4) is 0 Å². The van der Waals surface area contributed by atoms with Gasteiger partial charge in [-0.15, -0.1) is 11.3 Å². The lowest BCUT2D eigenvalue weighted by Crippen LogP contribution is -2.29. The molecule has 3 aromatic rings. The maximum atomic E-state index is 14.3. The van der Waals surface area contributed by atoms with Crippen molar-refractivity contribution in [3.63, 3.8) is 0 Å². The summed E-state index contributed by atoms with van der Waals surface area (Å²) in [5.74, 6) is 0.358. The van der Waals surface area contributed by atoms with Gasteiger partial charge >= 0.3 is 0 Å². The number of hydrogen-bond acceptors (Lipinski definition) is 6. The van der Waals surface area contributed by atoms with Gasteiger partial charge in [0, 0.05) is 36.6 Å². The topological polar surface area (TPSA) is 72.0 Å². The Kier molecular flexibility index (Phi) is 7.45. The lowest BCUT2D eigenvalue weighted by molar-refractivity contribution is -0.126. The quantitative estimate of drug-likeness (QED) is 0.413. The summed E-state index contributed by atoms with van der Waals surface area (Å²) in [6.45, 7) is 1.99. The highest BCUT2D eigenvalue weighted by atomic mass is 32.1. The fourth-order valence-electron chi connectivity index (χ4n) is 4.20. The van der Waals surface area contributed by atoms with Crippen molar-refractivity contribution in [2.75, 3.05) is 25.7 Å². The van der Waals surface area contributed by atoms with Gasteiger partial charge in [-0.05, 0) is 43.2 Å². The van der Waals surface area contributed by atoms with Crippen LogP contribution < -0.4 is 14.4 Å². The first-order chi connectivity index (χ1) is 16.9. The van der Waals surface area contributed by atoms with Crippen LogP contribution in [0.5, 0.6) is 11.5 Å². The predicted octanol–water partition coefficient (Wildman–Crippen LogP) is 5.36. The lowest BCUT2D eigenvalue weighted by Gasteiger charge is -2.25. The van der Waals surface area contributed by atoms with E-state index >= 15 is 0 Å². The Hall–Kier alpha value is -3.72. The van der Waals surface area contributed by atoms with Crippen LogP contribution in [0.2, 0.25) is 0 Å². The Morgan fingerprint density at radius 1 is 1.20 bits per heavy atom. The van der Waals surface area contributed by atoms with E-state index in [1.807, 2.05) is 23.1 Å². The summed E-state index contributed by atoms with van der Waals surface area (Å²) in [7, 11) is 3.20. The number of rotatable bonds is 7. The van der Waals surface area contributed by atoms with Crippen LogP contribution in [0.15, 0.2) is 53.9 Å². The van der Waals surface area contributed by atoms with Gasteiger partial charge in [0.05, 0.1) is 31.6 Å². The van der Waals surface area contributed by atoms with Crippen molar-refractivity contribution >= 4 is 40.0 Å². The van der Waals surface area contributed by atoms with Crippen molar-refractivity contribution in [1.82, 2.24) is 9.88 Å². The van der Waals surface area contributed by atoms with Gasteiger partial charge in [0.2, 0.25) is 11.8 Å². The summed E-state index contributed by atoms with van der Waals surface area (Å²) in [6, 6.07) is 11.6. The third-order valence-electron chi connectivity index (χ3n) is 5.84. The molecule has 2 heterocycles. The zero-order valence-electron chi connectivity index (χ0n) is 19.7. The number of anilines is 2. The van der Waals surface area contributed by atoms with Crippen molar-refractivity contribution in [2.45, 2.75) is 25.8 Å². The number of hydrogen-bond donors (Lipinski definition) is 0. The van der Waals surface area contributed by atoms with Gasteiger partial charge in [-0.2, -0.15) is 0 Å². The molecule has 2 amide bonds. The minimum atomic E-state index is -0.515. The Bertz CT molecular complexity index is 1260. The van der Waals surface area contributed by atoms with Gasteiger partial charge in [-0.3, -0.25) is 14.5 Å². The zero-order chi connectivity index (χ0) is 24.9. The molecule has 0 radical (unpaired) electrons. The number of nitrogens with zero attached hydrogens (tertiary/aromatic N) is 3. The van der Waals surface area contributed by atoms with Gasteiger partial charge in [-0.1, -0.05) is 12.1 Å². The predicted molar refractivity (Wildman–Crippen MR) is 134 cm³/mol. The Morgan fingerprint density at radius 2 is 2.00 bits per heavy atom. The number of halogens is 1. The van der Waals surface area contributed by atoms with Gasteiger partial charge < -0.3 is 14.4 Å². The molecule has 2 aromatic carbocycles. The van der Waals surface area contributed by atoms with E-state index in [0.717, 1.165) is 18.4 Å².